The molecule has 1 unspecified atom stereocenters. The molecule has 0 saturated heterocycles. The van der Waals surface area contributed by atoms with Gasteiger partial charge in [0.1, 0.15) is 0 Å². The van der Waals surface area contributed by atoms with E-state index in [1.54, 1.807) is 0 Å². The van der Waals surface area contributed by atoms with Gasteiger partial charge in [-0.1, -0.05) is 5.21 Å². The van der Waals surface area contributed by atoms with Crippen LogP contribution in [0.3, 0.4) is 0 Å². The van der Waals surface area contributed by atoms with Crippen LogP contribution in [0.4, 0.5) is 13.2 Å². The number of aromatic nitrogens is 3. The molecule has 0 aliphatic heterocycles. The van der Waals surface area contributed by atoms with Gasteiger partial charge in [-0.3, -0.25) is 0 Å². The van der Waals surface area contributed by atoms with E-state index in [1.165, 1.54) is 6.92 Å². The molecule has 17 heavy (non-hydrogen) atoms. The number of aliphatic hydroxyl groups excluding tert-OH is 1. The average molecular weight is 253 g/mol. The van der Waals surface area contributed by atoms with E-state index in [0.717, 1.165) is 0 Å². The summed E-state index contributed by atoms with van der Waals surface area (Å²) in [6.45, 7) is 1.15. The number of aromatic carboxylic acids is 1. The van der Waals surface area contributed by atoms with Crippen molar-refractivity contribution in [1.82, 2.24) is 15.0 Å². The maximum atomic E-state index is 12.6. The van der Waals surface area contributed by atoms with Crippen molar-refractivity contribution in [2.45, 2.75) is 32.2 Å². The van der Waals surface area contributed by atoms with Gasteiger partial charge < -0.3 is 10.2 Å². The first-order valence-corrected chi connectivity index (χ1v) is 4.65. The third kappa shape index (κ3) is 3.16. The number of hydrogen-bond acceptors (Lipinski definition) is 4. The summed E-state index contributed by atoms with van der Waals surface area (Å²) in [7, 11) is 0. The predicted octanol–water partition coefficient (Wildman–Crippen LogP) is 0.766. The van der Waals surface area contributed by atoms with Crippen molar-refractivity contribution >= 4 is 5.97 Å². The van der Waals surface area contributed by atoms with Crippen molar-refractivity contribution in [3.8, 4) is 0 Å². The van der Waals surface area contributed by atoms with Crippen LogP contribution in [0.15, 0.2) is 0 Å². The van der Waals surface area contributed by atoms with Crippen LogP contribution < -0.4 is 0 Å². The van der Waals surface area contributed by atoms with Crippen molar-refractivity contribution in [2.24, 2.45) is 0 Å². The summed E-state index contributed by atoms with van der Waals surface area (Å²) in [5.41, 5.74) is -2.55. The molecule has 0 aliphatic carbocycles. The first-order valence-electron chi connectivity index (χ1n) is 4.65. The predicted molar refractivity (Wildman–Crippen MR) is 48.3 cm³/mol. The number of carboxylic acid groups (broad SMARTS) is 1. The van der Waals surface area contributed by atoms with Crippen LogP contribution in [-0.2, 0) is 12.7 Å². The number of nitrogens with zero attached hydrogens (tertiary/aromatic N) is 3. The number of rotatable bonds is 4. The van der Waals surface area contributed by atoms with Crippen molar-refractivity contribution < 1.29 is 28.2 Å². The van der Waals surface area contributed by atoms with Crippen molar-refractivity contribution in [3.05, 3.63) is 11.4 Å². The molecule has 1 rings (SSSR count). The first kappa shape index (κ1) is 13.4. The summed E-state index contributed by atoms with van der Waals surface area (Å²) in [5.74, 6) is -1.79. The molecule has 9 heteroatoms. The summed E-state index contributed by atoms with van der Waals surface area (Å²) >= 11 is 0. The fraction of sp³-hybridized carbons (Fsp3) is 0.625. The molecule has 1 aromatic rings. The molecule has 0 fully saturated rings. The lowest BCUT2D eigenvalue weighted by Crippen LogP contribution is -2.19. The Morgan fingerprint density at radius 3 is 2.53 bits per heavy atom. The SMILES string of the molecule is CC(O)CCn1nnc(C(=O)O)c1C(F)(F)F. The van der Waals surface area contributed by atoms with E-state index in [-0.39, 0.29) is 13.0 Å². The van der Waals surface area contributed by atoms with E-state index in [1.807, 2.05) is 0 Å². The normalized spacial score (nSPS) is 13.7. The zero-order valence-corrected chi connectivity index (χ0v) is 8.77. The highest BCUT2D eigenvalue weighted by molar-refractivity contribution is 5.86. The molecule has 0 saturated carbocycles. The Labute approximate surface area is 93.7 Å². The maximum Gasteiger partial charge on any atom is 0.435 e. The molecule has 0 amide bonds. The minimum atomic E-state index is -4.85. The van der Waals surface area contributed by atoms with Gasteiger partial charge in [0.05, 0.1) is 6.10 Å². The van der Waals surface area contributed by atoms with Crippen molar-refractivity contribution in [3.63, 3.8) is 0 Å². The van der Waals surface area contributed by atoms with Gasteiger partial charge in [-0.15, -0.1) is 5.10 Å². The summed E-state index contributed by atoms with van der Waals surface area (Å²) in [5, 5.41) is 23.6. The van der Waals surface area contributed by atoms with Gasteiger partial charge in [-0.05, 0) is 13.3 Å². The topological polar surface area (TPSA) is 88.2 Å². The second-order valence-electron chi connectivity index (χ2n) is 3.45. The molecule has 1 heterocycles. The Hall–Kier alpha value is -1.64. The van der Waals surface area contributed by atoms with Crippen LogP contribution in [0.25, 0.3) is 0 Å². The molecule has 2 N–H and O–H groups in total. The van der Waals surface area contributed by atoms with Gasteiger partial charge in [0.25, 0.3) is 0 Å². The number of halogens is 3. The number of alkyl halides is 3. The monoisotopic (exact) mass is 253 g/mol. The minimum Gasteiger partial charge on any atom is -0.476 e. The van der Waals surface area contributed by atoms with Gasteiger partial charge >= 0.3 is 12.1 Å². The lowest BCUT2D eigenvalue weighted by Gasteiger charge is -2.10. The Balaban J connectivity index is 3.10. The highest BCUT2D eigenvalue weighted by Crippen LogP contribution is 2.31. The largest absolute Gasteiger partial charge is 0.476 e. The van der Waals surface area contributed by atoms with Gasteiger partial charge in [0.15, 0.2) is 5.69 Å². The quantitative estimate of drug-likeness (QED) is 0.827. The van der Waals surface area contributed by atoms with Crippen molar-refractivity contribution in [2.75, 3.05) is 0 Å². The Morgan fingerprint density at radius 1 is 1.53 bits per heavy atom. The Bertz CT molecular complexity index is 414. The Kier molecular flexibility index (Phi) is 3.71. The summed E-state index contributed by atoms with van der Waals surface area (Å²) in [6.07, 6.45) is -5.64. The second-order valence-corrected chi connectivity index (χ2v) is 3.45. The lowest BCUT2D eigenvalue weighted by atomic mass is 10.2. The smallest absolute Gasteiger partial charge is 0.435 e. The van der Waals surface area contributed by atoms with Crippen LogP contribution in [-0.4, -0.2) is 37.3 Å². The van der Waals surface area contributed by atoms with E-state index < -0.39 is 29.6 Å². The molecular formula is C8H10F3N3O3. The van der Waals surface area contributed by atoms with E-state index in [2.05, 4.69) is 10.3 Å². The number of carboxylic acids is 1. The molecule has 0 aliphatic rings. The molecule has 0 bridgehead atoms. The molecule has 0 spiro atoms. The molecule has 1 aromatic heterocycles. The summed E-state index contributed by atoms with van der Waals surface area (Å²) in [4.78, 5) is 10.6. The van der Waals surface area contributed by atoms with Gasteiger partial charge in [0, 0.05) is 6.54 Å². The molecule has 0 aromatic carbocycles. The highest BCUT2D eigenvalue weighted by Gasteiger charge is 2.41. The van der Waals surface area contributed by atoms with Crippen LogP contribution in [0.5, 0.6) is 0 Å². The molecular weight excluding hydrogens is 243 g/mol. The third-order valence-corrected chi connectivity index (χ3v) is 1.96. The zero-order chi connectivity index (χ0) is 13.2. The minimum absolute atomic E-state index is 0.0193. The number of carbonyl (C=O) groups is 1. The standard InChI is InChI=1S/C8H10F3N3O3/c1-4(15)2-3-14-6(8(9,10)11)5(7(16)17)12-13-14/h4,15H,2-3H2,1H3,(H,16,17). The maximum absolute atomic E-state index is 12.6. The van der Waals surface area contributed by atoms with Crippen LogP contribution >= 0.6 is 0 Å². The van der Waals surface area contributed by atoms with E-state index in [9.17, 15) is 18.0 Å². The zero-order valence-electron chi connectivity index (χ0n) is 8.77. The first-order chi connectivity index (χ1) is 7.73. The fourth-order valence-electron chi connectivity index (χ4n) is 1.20. The third-order valence-electron chi connectivity index (χ3n) is 1.96. The van der Waals surface area contributed by atoms with E-state index >= 15 is 0 Å². The second kappa shape index (κ2) is 4.70. The van der Waals surface area contributed by atoms with Gasteiger partial charge in [-0.2, -0.15) is 13.2 Å². The molecule has 1 atom stereocenters. The fourth-order valence-corrected chi connectivity index (χ4v) is 1.20. The lowest BCUT2D eigenvalue weighted by molar-refractivity contribution is -0.144. The molecule has 6 nitrogen and oxygen atoms in total. The van der Waals surface area contributed by atoms with E-state index in [0.29, 0.717) is 4.68 Å². The summed E-state index contributed by atoms with van der Waals surface area (Å²) < 4.78 is 38.2. The van der Waals surface area contributed by atoms with Gasteiger partial charge in [0.2, 0.25) is 5.69 Å². The van der Waals surface area contributed by atoms with Gasteiger partial charge in [-0.25, -0.2) is 9.48 Å². The molecule has 96 valence electrons. The number of hydrogen-bond donors (Lipinski definition) is 2. The number of aryl methyl sites for hydroxylation is 1. The van der Waals surface area contributed by atoms with Crippen LogP contribution in [0.1, 0.15) is 29.5 Å². The molecule has 0 radical (unpaired) electrons. The van der Waals surface area contributed by atoms with Crippen molar-refractivity contribution in [1.29, 1.82) is 0 Å². The summed E-state index contributed by atoms with van der Waals surface area (Å²) in [6, 6.07) is 0. The average Bonchev–Trinajstić information content (AvgIpc) is 2.57. The number of aliphatic hydroxyl groups is 1. The van der Waals surface area contributed by atoms with E-state index in [4.69, 9.17) is 10.2 Å². The highest BCUT2D eigenvalue weighted by atomic mass is 19.4. The van der Waals surface area contributed by atoms with Crippen LogP contribution in [0.2, 0.25) is 0 Å². The Morgan fingerprint density at radius 2 is 2.12 bits per heavy atom. The van der Waals surface area contributed by atoms with Crippen LogP contribution in [0, 0.1) is 0 Å².